The molecule has 4 heteroatoms. The van der Waals surface area contributed by atoms with Crippen molar-refractivity contribution < 1.29 is 0 Å². The van der Waals surface area contributed by atoms with Gasteiger partial charge in [0, 0.05) is 0 Å². The number of hydrogen-bond donors (Lipinski definition) is 1. The number of halogens is 2. The molecule has 0 amide bonds. The van der Waals surface area contributed by atoms with Crippen molar-refractivity contribution in [1.82, 2.24) is 0 Å². The van der Waals surface area contributed by atoms with Crippen LogP contribution in [0.2, 0.25) is 10.0 Å². The fourth-order valence-corrected chi connectivity index (χ4v) is 1.14. The summed E-state index contributed by atoms with van der Waals surface area (Å²) < 4.78 is 0. The second-order valence-electron chi connectivity index (χ2n) is 2.11. The lowest BCUT2D eigenvalue weighted by molar-refractivity contribution is 1.32. The molecule has 0 radical (unpaired) electrons. The quantitative estimate of drug-likeness (QED) is 0.746. The van der Waals surface area contributed by atoms with Crippen LogP contribution in [0, 0.1) is 11.3 Å². The van der Waals surface area contributed by atoms with Crippen LogP contribution in [0.4, 0.5) is 5.69 Å². The van der Waals surface area contributed by atoms with Gasteiger partial charge in [0.05, 0.1) is 21.8 Å². The molecule has 0 heterocycles. The average Bonchev–Trinajstić information content (AvgIpc) is 2.08. The fraction of sp³-hybridized carbons (Fsp3) is 0.125. The predicted octanol–water partition coefficient (Wildman–Crippen LogP) is 2.93. The molecule has 0 atom stereocenters. The van der Waals surface area contributed by atoms with Crippen LogP contribution in [0.5, 0.6) is 0 Å². The first kappa shape index (κ1) is 9.18. The van der Waals surface area contributed by atoms with Gasteiger partial charge in [-0.3, -0.25) is 0 Å². The summed E-state index contributed by atoms with van der Waals surface area (Å²) in [5.41, 5.74) is 0.686. The zero-order valence-electron chi connectivity index (χ0n) is 6.14. The third kappa shape index (κ3) is 2.04. The highest BCUT2D eigenvalue weighted by Crippen LogP contribution is 2.29. The van der Waals surface area contributed by atoms with E-state index < -0.39 is 0 Å². The number of benzene rings is 1. The van der Waals surface area contributed by atoms with Crippen LogP contribution in [0.15, 0.2) is 18.2 Å². The van der Waals surface area contributed by atoms with E-state index in [2.05, 4.69) is 5.32 Å². The lowest BCUT2D eigenvalue weighted by Crippen LogP contribution is -1.98. The van der Waals surface area contributed by atoms with Gasteiger partial charge in [-0.2, -0.15) is 5.26 Å². The van der Waals surface area contributed by atoms with Crippen LogP contribution >= 0.6 is 23.2 Å². The molecule has 0 aliphatic rings. The summed E-state index contributed by atoms with van der Waals surface area (Å²) >= 11 is 11.6. The van der Waals surface area contributed by atoms with Crippen LogP contribution in [-0.2, 0) is 0 Å². The second-order valence-corrected chi connectivity index (χ2v) is 2.90. The maximum Gasteiger partial charge on any atom is 0.103 e. The third-order valence-corrected chi connectivity index (χ3v) is 2.13. The summed E-state index contributed by atoms with van der Waals surface area (Å²) in [6.45, 7) is 0.222. The Labute approximate surface area is 80.7 Å². The molecule has 62 valence electrons. The largest absolute Gasteiger partial charge is 0.371 e. The standard InChI is InChI=1S/C8H6Cl2N2/c9-6-2-1-3-7(8(6)10)12-5-4-11/h1-3,12H,5H2. The number of nitriles is 1. The number of rotatable bonds is 2. The van der Waals surface area contributed by atoms with Gasteiger partial charge < -0.3 is 5.32 Å². The SMILES string of the molecule is N#CCNc1cccc(Cl)c1Cl. The van der Waals surface area contributed by atoms with Gasteiger partial charge in [-0.1, -0.05) is 29.3 Å². The van der Waals surface area contributed by atoms with Crippen molar-refractivity contribution in [2.75, 3.05) is 11.9 Å². The molecule has 0 aliphatic carbocycles. The van der Waals surface area contributed by atoms with E-state index in [-0.39, 0.29) is 6.54 Å². The first-order valence-electron chi connectivity index (χ1n) is 3.30. The third-order valence-electron chi connectivity index (χ3n) is 1.31. The minimum absolute atomic E-state index is 0.222. The average molecular weight is 201 g/mol. The Hall–Kier alpha value is -0.910. The number of nitrogens with zero attached hydrogens (tertiary/aromatic N) is 1. The zero-order valence-corrected chi connectivity index (χ0v) is 7.65. The number of anilines is 1. The van der Waals surface area contributed by atoms with Gasteiger partial charge in [-0.15, -0.1) is 0 Å². The molecule has 0 unspecified atom stereocenters. The molecule has 0 aromatic heterocycles. The van der Waals surface area contributed by atoms with Gasteiger partial charge >= 0.3 is 0 Å². The Morgan fingerprint density at radius 3 is 2.83 bits per heavy atom. The number of hydrogen-bond acceptors (Lipinski definition) is 2. The van der Waals surface area contributed by atoms with E-state index in [0.717, 1.165) is 0 Å². The Bertz CT molecular complexity index is 317. The van der Waals surface area contributed by atoms with Gasteiger partial charge in [-0.05, 0) is 12.1 Å². The topological polar surface area (TPSA) is 35.8 Å². The predicted molar refractivity (Wildman–Crippen MR) is 50.6 cm³/mol. The summed E-state index contributed by atoms with van der Waals surface area (Å²) in [4.78, 5) is 0. The van der Waals surface area contributed by atoms with E-state index in [4.69, 9.17) is 28.5 Å². The normalized spacial score (nSPS) is 9.08. The van der Waals surface area contributed by atoms with Crippen molar-refractivity contribution >= 4 is 28.9 Å². The Morgan fingerprint density at radius 2 is 2.17 bits per heavy atom. The van der Waals surface area contributed by atoms with Crippen molar-refractivity contribution in [3.63, 3.8) is 0 Å². The summed E-state index contributed by atoms with van der Waals surface area (Å²) in [5, 5.41) is 12.1. The lowest BCUT2D eigenvalue weighted by Gasteiger charge is -2.04. The van der Waals surface area contributed by atoms with Crippen molar-refractivity contribution in [3.8, 4) is 6.07 Å². The molecule has 1 N–H and O–H groups in total. The molecule has 0 fully saturated rings. The van der Waals surface area contributed by atoms with Crippen LogP contribution < -0.4 is 5.32 Å². The fourth-order valence-electron chi connectivity index (χ4n) is 0.775. The van der Waals surface area contributed by atoms with Gasteiger partial charge in [0.2, 0.25) is 0 Å². The molecule has 2 nitrogen and oxygen atoms in total. The summed E-state index contributed by atoms with van der Waals surface area (Å²) in [5.74, 6) is 0. The van der Waals surface area contributed by atoms with Gasteiger partial charge in [-0.25, -0.2) is 0 Å². The number of nitrogens with one attached hydrogen (secondary N) is 1. The minimum atomic E-state index is 0.222. The summed E-state index contributed by atoms with van der Waals surface area (Å²) in [6.07, 6.45) is 0. The molecule has 0 bridgehead atoms. The molecule has 1 aromatic rings. The van der Waals surface area contributed by atoms with E-state index in [0.29, 0.717) is 15.7 Å². The molecule has 0 saturated carbocycles. The smallest absolute Gasteiger partial charge is 0.103 e. The Morgan fingerprint density at radius 1 is 1.42 bits per heavy atom. The maximum absolute atomic E-state index is 8.30. The minimum Gasteiger partial charge on any atom is -0.371 e. The van der Waals surface area contributed by atoms with Crippen LogP contribution in [0.3, 0.4) is 0 Å². The second kappa shape index (κ2) is 4.20. The van der Waals surface area contributed by atoms with E-state index in [1.165, 1.54) is 0 Å². The highest BCUT2D eigenvalue weighted by molar-refractivity contribution is 6.43. The van der Waals surface area contributed by atoms with E-state index >= 15 is 0 Å². The molecule has 12 heavy (non-hydrogen) atoms. The first-order valence-corrected chi connectivity index (χ1v) is 4.06. The first-order chi connectivity index (χ1) is 5.75. The lowest BCUT2D eigenvalue weighted by atomic mass is 10.3. The van der Waals surface area contributed by atoms with Crippen molar-refractivity contribution in [2.45, 2.75) is 0 Å². The Kier molecular flexibility index (Phi) is 3.21. The molecule has 1 rings (SSSR count). The molecule has 0 spiro atoms. The van der Waals surface area contributed by atoms with Crippen molar-refractivity contribution in [2.24, 2.45) is 0 Å². The molecule has 1 aromatic carbocycles. The summed E-state index contributed by atoms with van der Waals surface area (Å²) in [6, 6.07) is 7.19. The zero-order chi connectivity index (χ0) is 8.97. The maximum atomic E-state index is 8.30. The highest BCUT2D eigenvalue weighted by Gasteiger charge is 2.01. The Balaban J connectivity index is 2.86. The molecular weight excluding hydrogens is 195 g/mol. The van der Waals surface area contributed by atoms with Crippen molar-refractivity contribution in [3.05, 3.63) is 28.2 Å². The van der Waals surface area contributed by atoms with Gasteiger partial charge in [0.15, 0.2) is 0 Å². The monoisotopic (exact) mass is 200 g/mol. The highest BCUT2D eigenvalue weighted by atomic mass is 35.5. The van der Waals surface area contributed by atoms with E-state index in [1.54, 1.807) is 18.2 Å². The molecular formula is C8H6Cl2N2. The van der Waals surface area contributed by atoms with Gasteiger partial charge in [0.25, 0.3) is 0 Å². The van der Waals surface area contributed by atoms with Crippen LogP contribution in [-0.4, -0.2) is 6.54 Å². The van der Waals surface area contributed by atoms with Crippen LogP contribution in [0.25, 0.3) is 0 Å². The van der Waals surface area contributed by atoms with Crippen molar-refractivity contribution in [1.29, 1.82) is 5.26 Å². The van der Waals surface area contributed by atoms with E-state index in [9.17, 15) is 0 Å². The summed E-state index contributed by atoms with van der Waals surface area (Å²) in [7, 11) is 0. The molecule has 0 aliphatic heterocycles. The van der Waals surface area contributed by atoms with Crippen LogP contribution in [0.1, 0.15) is 0 Å². The van der Waals surface area contributed by atoms with Gasteiger partial charge in [0.1, 0.15) is 6.54 Å². The molecule has 0 saturated heterocycles. The van der Waals surface area contributed by atoms with E-state index in [1.807, 2.05) is 6.07 Å².